The number of carbonyl (C=O) groups excluding carboxylic acids is 1. The number of sulfone groups is 1. The molecule has 0 aliphatic heterocycles. The van der Waals surface area contributed by atoms with Gasteiger partial charge in [-0.25, -0.2) is 13.2 Å². The Morgan fingerprint density at radius 3 is 2.33 bits per heavy atom. The Bertz CT molecular complexity index is 903. The fraction of sp³-hybridized carbons (Fsp3) is 0.300. The molecular weight excluding hydrogens is 364 g/mol. The highest BCUT2D eigenvalue weighted by Crippen LogP contribution is 2.24. The van der Waals surface area contributed by atoms with E-state index in [1.54, 1.807) is 68.4 Å². The quantitative estimate of drug-likeness (QED) is 0.784. The highest BCUT2D eigenvalue weighted by Gasteiger charge is 2.27. The number of nitriles is 1. The van der Waals surface area contributed by atoms with E-state index in [1.807, 2.05) is 6.07 Å². The van der Waals surface area contributed by atoms with Gasteiger partial charge in [-0.05, 0) is 43.2 Å². The van der Waals surface area contributed by atoms with Crippen molar-refractivity contribution in [3.63, 3.8) is 0 Å². The standard InChI is InChI=1S/C20H22N2O4S/c1-3-18(22-20(23)26-19-7-5-4-6-8-19)14-27(24,25)15(2)17-11-9-16(13-21)10-12-17/h4-12,15,18H,3,14H2,1-2H3,(H,22,23). The average Bonchev–Trinajstić information content (AvgIpc) is 2.67. The summed E-state index contributed by atoms with van der Waals surface area (Å²) in [4.78, 5) is 12.0. The van der Waals surface area contributed by atoms with Gasteiger partial charge in [0.2, 0.25) is 0 Å². The molecule has 0 saturated heterocycles. The van der Waals surface area contributed by atoms with Crippen LogP contribution in [0.1, 0.15) is 36.6 Å². The molecule has 0 aromatic heterocycles. The smallest absolute Gasteiger partial charge is 0.410 e. The van der Waals surface area contributed by atoms with Crippen LogP contribution in [0.4, 0.5) is 4.79 Å². The number of amides is 1. The van der Waals surface area contributed by atoms with Crippen LogP contribution in [0.5, 0.6) is 5.75 Å². The first kappa shape index (κ1) is 20.5. The Balaban J connectivity index is 2.02. The fourth-order valence-electron chi connectivity index (χ4n) is 2.51. The number of para-hydroxylation sites is 1. The molecule has 0 bridgehead atoms. The SMILES string of the molecule is CCC(CS(=O)(=O)C(C)c1ccc(C#N)cc1)NC(=O)Oc1ccccc1. The first-order valence-electron chi connectivity index (χ1n) is 8.60. The Morgan fingerprint density at radius 2 is 1.78 bits per heavy atom. The van der Waals surface area contributed by atoms with Gasteiger partial charge < -0.3 is 10.1 Å². The number of carbonyl (C=O) groups is 1. The Hall–Kier alpha value is -2.85. The Labute approximate surface area is 159 Å². The van der Waals surface area contributed by atoms with Gasteiger partial charge in [-0.2, -0.15) is 5.26 Å². The molecule has 0 spiro atoms. The lowest BCUT2D eigenvalue weighted by Crippen LogP contribution is -2.41. The van der Waals surface area contributed by atoms with Gasteiger partial charge in [0.05, 0.1) is 22.6 Å². The van der Waals surface area contributed by atoms with Gasteiger partial charge in [0.15, 0.2) is 9.84 Å². The zero-order chi connectivity index (χ0) is 19.9. The van der Waals surface area contributed by atoms with E-state index in [0.29, 0.717) is 23.3 Å². The zero-order valence-electron chi connectivity index (χ0n) is 15.3. The van der Waals surface area contributed by atoms with E-state index in [1.165, 1.54) is 0 Å². The Kier molecular flexibility index (Phi) is 6.97. The lowest BCUT2D eigenvalue weighted by atomic mass is 10.1. The lowest BCUT2D eigenvalue weighted by molar-refractivity contribution is 0.196. The number of hydrogen-bond acceptors (Lipinski definition) is 5. The van der Waals surface area contributed by atoms with Crippen molar-refractivity contribution >= 4 is 15.9 Å². The average molecular weight is 386 g/mol. The molecule has 0 fully saturated rings. The summed E-state index contributed by atoms with van der Waals surface area (Å²) in [5.41, 5.74) is 1.08. The summed E-state index contributed by atoms with van der Waals surface area (Å²) in [6, 6.07) is 16.5. The Morgan fingerprint density at radius 1 is 1.15 bits per heavy atom. The summed E-state index contributed by atoms with van der Waals surface area (Å²) in [6.45, 7) is 3.40. The van der Waals surface area contributed by atoms with Gasteiger partial charge in [-0.3, -0.25) is 0 Å². The van der Waals surface area contributed by atoms with Crippen LogP contribution in [0.2, 0.25) is 0 Å². The van der Waals surface area contributed by atoms with Gasteiger partial charge in [0, 0.05) is 6.04 Å². The topological polar surface area (TPSA) is 96.3 Å². The third-order valence-corrected chi connectivity index (χ3v) is 6.47. The van der Waals surface area contributed by atoms with E-state index >= 15 is 0 Å². The lowest BCUT2D eigenvalue weighted by Gasteiger charge is -2.20. The molecule has 1 N–H and O–H groups in total. The molecule has 2 aromatic carbocycles. The van der Waals surface area contributed by atoms with Crippen molar-refractivity contribution in [1.29, 1.82) is 5.26 Å². The molecule has 1 amide bonds. The van der Waals surface area contributed by atoms with Crippen LogP contribution in [-0.4, -0.2) is 26.3 Å². The summed E-state index contributed by atoms with van der Waals surface area (Å²) in [5, 5.41) is 10.7. The molecule has 2 atom stereocenters. The third kappa shape index (κ3) is 5.83. The molecule has 2 unspecified atom stereocenters. The fourth-order valence-corrected chi connectivity index (χ4v) is 4.25. The summed E-state index contributed by atoms with van der Waals surface area (Å²) < 4.78 is 30.6. The van der Waals surface area contributed by atoms with Crippen molar-refractivity contribution in [3.8, 4) is 11.8 Å². The molecular formula is C20H22N2O4S. The molecule has 0 saturated carbocycles. The normalized spacial score (nSPS) is 13.2. The summed E-state index contributed by atoms with van der Waals surface area (Å²) >= 11 is 0. The second-order valence-electron chi connectivity index (χ2n) is 6.16. The van der Waals surface area contributed by atoms with Gasteiger partial charge in [0.25, 0.3) is 0 Å². The van der Waals surface area contributed by atoms with Crippen LogP contribution < -0.4 is 10.1 Å². The van der Waals surface area contributed by atoms with Gasteiger partial charge in [0.1, 0.15) is 5.75 Å². The largest absolute Gasteiger partial charge is 0.412 e. The zero-order valence-corrected chi connectivity index (χ0v) is 16.1. The van der Waals surface area contributed by atoms with Gasteiger partial charge in [-0.15, -0.1) is 0 Å². The van der Waals surface area contributed by atoms with Crippen LogP contribution >= 0.6 is 0 Å². The third-order valence-electron chi connectivity index (χ3n) is 4.25. The number of nitrogens with one attached hydrogen (secondary N) is 1. The van der Waals surface area contributed by atoms with Crippen molar-refractivity contribution in [2.24, 2.45) is 0 Å². The first-order valence-corrected chi connectivity index (χ1v) is 10.3. The second kappa shape index (κ2) is 9.19. The van der Waals surface area contributed by atoms with E-state index in [4.69, 9.17) is 10.00 Å². The maximum atomic E-state index is 12.7. The van der Waals surface area contributed by atoms with E-state index in [-0.39, 0.29) is 5.75 Å². The number of benzene rings is 2. The van der Waals surface area contributed by atoms with E-state index < -0.39 is 27.2 Å². The predicted octanol–water partition coefficient (Wildman–Crippen LogP) is 3.60. The number of ether oxygens (including phenoxy) is 1. The van der Waals surface area contributed by atoms with Crippen LogP contribution in [0.15, 0.2) is 54.6 Å². The molecule has 27 heavy (non-hydrogen) atoms. The van der Waals surface area contributed by atoms with Crippen molar-refractivity contribution in [2.75, 3.05) is 5.75 Å². The first-order chi connectivity index (χ1) is 12.9. The van der Waals surface area contributed by atoms with Crippen LogP contribution in [0.3, 0.4) is 0 Å². The van der Waals surface area contributed by atoms with Crippen molar-refractivity contribution in [3.05, 3.63) is 65.7 Å². The van der Waals surface area contributed by atoms with Crippen molar-refractivity contribution in [1.82, 2.24) is 5.32 Å². The molecule has 0 aliphatic rings. The highest BCUT2D eigenvalue weighted by atomic mass is 32.2. The molecule has 7 heteroatoms. The van der Waals surface area contributed by atoms with Crippen molar-refractivity contribution in [2.45, 2.75) is 31.6 Å². The number of hydrogen-bond donors (Lipinski definition) is 1. The second-order valence-corrected chi connectivity index (χ2v) is 8.52. The maximum absolute atomic E-state index is 12.7. The highest BCUT2D eigenvalue weighted by molar-refractivity contribution is 7.91. The molecule has 0 heterocycles. The minimum Gasteiger partial charge on any atom is -0.410 e. The number of rotatable bonds is 7. The van der Waals surface area contributed by atoms with E-state index in [0.717, 1.165) is 0 Å². The summed E-state index contributed by atoms with van der Waals surface area (Å²) in [5.74, 6) is 0.188. The molecule has 0 aliphatic carbocycles. The summed E-state index contributed by atoms with van der Waals surface area (Å²) in [6.07, 6.45) is -0.238. The van der Waals surface area contributed by atoms with Gasteiger partial charge in [-0.1, -0.05) is 37.3 Å². The minimum atomic E-state index is -3.52. The maximum Gasteiger partial charge on any atom is 0.412 e. The van der Waals surface area contributed by atoms with E-state index in [9.17, 15) is 13.2 Å². The molecule has 2 rings (SSSR count). The monoisotopic (exact) mass is 386 g/mol. The predicted molar refractivity (Wildman–Crippen MR) is 103 cm³/mol. The van der Waals surface area contributed by atoms with Gasteiger partial charge >= 0.3 is 6.09 Å². The molecule has 2 aromatic rings. The summed E-state index contributed by atoms with van der Waals surface area (Å²) in [7, 11) is -3.52. The number of nitrogens with zero attached hydrogens (tertiary/aromatic N) is 1. The molecule has 6 nitrogen and oxygen atoms in total. The van der Waals surface area contributed by atoms with E-state index in [2.05, 4.69) is 5.32 Å². The van der Waals surface area contributed by atoms with Crippen molar-refractivity contribution < 1.29 is 17.9 Å². The molecule has 142 valence electrons. The van der Waals surface area contributed by atoms with Crippen LogP contribution in [0, 0.1) is 11.3 Å². The minimum absolute atomic E-state index is 0.200. The van der Waals surface area contributed by atoms with Crippen LogP contribution in [-0.2, 0) is 9.84 Å². The van der Waals surface area contributed by atoms with Crippen LogP contribution in [0.25, 0.3) is 0 Å². The molecule has 0 radical (unpaired) electrons.